The largest absolute Gasteiger partial charge is 0.423 e. The van der Waals surface area contributed by atoms with Gasteiger partial charge in [-0.25, -0.2) is 0 Å². The summed E-state index contributed by atoms with van der Waals surface area (Å²) in [6.45, 7) is 12.4. The number of carbonyl (C=O) groups excluding carboxylic acids is 1. The fourth-order valence-corrected chi connectivity index (χ4v) is 2.88. The molecule has 3 nitrogen and oxygen atoms in total. The summed E-state index contributed by atoms with van der Waals surface area (Å²) in [5.74, 6) is 0.326. The third-order valence-corrected chi connectivity index (χ3v) is 4.02. The van der Waals surface area contributed by atoms with Crippen LogP contribution in [0.3, 0.4) is 0 Å². The van der Waals surface area contributed by atoms with Crippen LogP contribution in [0.15, 0.2) is 0 Å². The van der Waals surface area contributed by atoms with Gasteiger partial charge in [0.2, 0.25) is 5.91 Å². The number of β-lactam (4-membered cyclic amide) rings is 1. The van der Waals surface area contributed by atoms with Crippen molar-refractivity contribution in [2.45, 2.75) is 39.7 Å². The minimum Gasteiger partial charge on any atom is -0.423 e. The highest BCUT2D eigenvalue weighted by atomic mass is 28.2. The number of nitrogens with one attached hydrogen (secondary N) is 1. The van der Waals surface area contributed by atoms with Crippen molar-refractivity contribution in [3.05, 3.63) is 0 Å². The zero-order chi connectivity index (χ0) is 11.7. The van der Waals surface area contributed by atoms with E-state index in [4.69, 9.17) is 4.43 Å². The molecule has 4 heteroatoms. The van der Waals surface area contributed by atoms with Crippen LogP contribution in [-0.2, 0) is 9.22 Å². The van der Waals surface area contributed by atoms with Crippen LogP contribution in [0.2, 0.25) is 5.04 Å². The van der Waals surface area contributed by atoms with E-state index < -0.39 is 9.76 Å². The van der Waals surface area contributed by atoms with E-state index in [9.17, 15) is 4.79 Å². The molecule has 1 rings (SSSR count). The first-order valence-corrected chi connectivity index (χ1v) is 6.86. The van der Waals surface area contributed by atoms with Crippen LogP contribution in [0.25, 0.3) is 0 Å². The maximum Gasteiger partial charge on any atom is 0.225 e. The smallest absolute Gasteiger partial charge is 0.225 e. The van der Waals surface area contributed by atoms with Gasteiger partial charge in [-0.3, -0.25) is 4.79 Å². The summed E-state index contributed by atoms with van der Waals surface area (Å²) in [7, 11) is -0.494. The molecule has 1 aliphatic heterocycles. The second-order valence-corrected chi connectivity index (χ2v) is 9.16. The monoisotopic (exact) mass is 229 g/mol. The summed E-state index contributed by atoms with van der Waals surface area (Å²) in [5, 5.41) is 3.12. The average Bonchev–Trinajstić information content (AvgIpc) is 1.97. The van der Waals surface area contributed by atoms with E-state index in [0.717, 1.165) is 6.54 Å². The van der Waals surface area contributed by atoms with E-state index in [-0.39, 0.29) is 17.2 Å². The Bertz CT molecular complexity index is 245. The van der Waals surface area contributed by atoms with Crippen LogP contribution in [0.1, 0.15) is 34.6 Å². The maximum atomic E-state index is 11.3. The Labute approximate surface area is 94.9 Å². The Kier molecular flexibility index (Phi) is 3.61. The Hall–Kier alpha value is -0.353. The van der Waals surface area contributed by atoms with Crippen LogP contribution >= 0.6 is 0 Å². The summed E-state index contributed by atoms with van der Waals surface area (Å²) in [6, 6.07) is 0. The third-order valence-electron chi connectivity index (χ3n) is 2.75. The van der Waals surface area contributed by atoms with Crippen molar-refractivity contribution in [3.8, 4) is 0 Å². The molecule has 0 spiro atoms. The summed E-state index contributed by atoms with van der Waals surface area (Å²) in [4.78, 5) is 11.3. The number of carbonyl (C=O) groups is 1. The first kappa shape index (κ1) is 12.7. The van der Waals surface area contributed by atoms with E-state index >= 15 is 0 Å². The van der Waals surface area contributed by atoms with E-state index in [2.05, 4.69) is 39.9 Å². The van der Waals surface area contributed by atoms with Crippen LogP contribution in [0.5, 0.6) is 0 Å². The molecule has 1 saturated heterocycles. The molecule has 1 heterocycles. The molecule has 0 saturated carbocycles. The molecular formula is C11H23NO2Si. The number of rotatable bonds is 4. The number of hydrogen-bond donors (Lipinski definition) is 1. The van der Waals surface area contributed by atoms with Gasteiger partial charge in [-0.1, -0.05) is 34.6 Å². The lowest BCUT2D eigenvalue weighted by atomic mass is 9.75. The maximum absolute atomic E-state index is 11.3. The lowest BCUT2D eigenvalue weighted by Gasteiger charge is -2.39. The molecule has 1 fully saturated rings. The normalized spacial score (nSPS) is 23.0. The topological polar surface area (TPSA) is 38.3 Å². The number of amides is 1. The van der Waals surface area contributed by atoms with Crippen LogP contribution < -0.4 is 5.32 Å². The molecule has 0 bridgehead atoms. The van der Waals surface area contributed by atoms with Crippen LogP contribution in [0.4, 0.5) is 0 Å². The molecule has 0 aromatic heterocycles. The predicted octanol–water partition coefficient (Wildman–Crippen LogP) is 1.08. The molecule has 1 amide bonds. The molecular weight excluding hydrogens is 206 g/mol. The molecule has 0 aromatic rings. The zero-order valence-electron chi connectivity index (χ0n) is 10.5. The second kappa shape index (κ2) is 4.26. The molecule has 88 valence electrons. The van der Waals surface area contributed by atoms with E-state index in [0.29, 0.717) is 11.6 Å². The zero-order valence-corrected chi connectivity index (χ0v) is 11.9. The highest BCUT2D eigenvalue weighted by Gasteiger charge is 2.41. The molecule has 0 radical (unpaired) electrons. The van der Waals surface area contributed by atoms with Crippen molar-refractivity contribution >= 4 is 15.7 Å². The van der Waals surface area contributed by atoms with Gasteiger partial charge in [0.05, 0.1) is 5.92 Å². The third kappa shape index (κ3) is 3.61. The minimum atomic E-state index is -0.494. The fraction of sp³-hybridized carbons (Fsp3) is 0.909. The summed E-state index contributed by atoms with van der Waals surface area (Å²) in [6.07, 6.45) is 0. The van der Waals surface area contributed by atoms with Gasteiger partial charge >= 0.3 is 0 Å². The first-order chi connectivity index (χ1) is 6.72. The molecule has 1 atom stereocenters. The van der Waals surface area contributed by atoms with E-state index in [1.54, 1.807) is 0 Å². The SMILES string of the molecule is CC(C)(C)[SiH2]OCC(C)(C)[C@H]1CNC1=O. The number of hydrogen-bond acceptors (Lipinski definition) is 2. The Morgan fingerprint density at radius 3 is 2.33 bits per heavy atom. The lowest BCUT2D eigenvalue weighted by molar-refractivity contribution is -0.137. The minimum absolute atomic E-state index is 0.0133. The van der Waals surface area contributed by atoms with Crippen molar-refractivity contribution in [2.75, 3.05) is 13.2 Å². The fourth-order valence-electron chi connectivity index (χ4n) is 1.64. The van der Waals surface area contributed by atoms with Crippen molar-refractivity contribution in [3.63, 3.8) is 0 Å². The van der Waals surface area contributed by atoms with Gasteiger partial charge < -0.3 is 9.74 Å². The van der Waals surface area contributed by atoms with Crippen molar-refractivity contribution in [1.82, 2.24) is 5.32 Å². The van der Waals surface area contributed by atoms with Crippen LogP contribution in [0, 0.1) is 11.3 Å². The van der Waals surface area contributed by atoms with Gasteiger partial charge in [0.25, 0.3) is 0 Å². The Balaban J connectivity index is 2.33. The van der Waals surface area contributed by atoms with Gasteiger partial charge in [0.15, 0.2) is 9.76 Å². The van der Waals surface area contributed by atoms with Gasteiger partial charge in [-0.05, 0) is 5.04 Å². The highest BCUT2D eigenvalue weighted by Crippen LogP contribution is 2.31. The molecule has 0 unspecified atom stereocenters. The lowest BCUT2D eigenvalue weighted by Crippen LogP contribution is -2.56. The van der Waals surface area contributed by atoms with Crippen LogP contribution in [-0.4, -0.2) is 28.8 Å². The quantitative estimate of drug-likeness (QED) is 0.579. The highest BCUT2D eigenvalue weighted by molar-refractivity contribution is 6.31. The summed E-state index contributed by atoms with van der Waals surface area (Å²) >= 11 is 0. The van der Waals surface area contributed by atoms with Gasteiger partial charge in [0.1, 0.15) is 0 Å². The standard InChI is InChI=1S/C11H23NO2Si/c1-10(2,3)15-14-7-11(4,5)8-6-12-9(8)13/h8H,6-7,15H2,1-5H3,(H,12,13)/t8-/m0/s1. The van der Waals surface area contributed by atoms with Crippen molar-refractivity contribution < 1.29 is 9.22 Å². The predicted molar refractivity (Wildman–Crippen MR) is 64.5 cm³/mol. The van der Waals surface area contributed by atoms with E-state index in [1.165, 1.54) is 0 Å². The van der Waals surface area contributed by atoms with E-state index in [1.807, 2.05) is 0 Å². The molecule has 1 N–H and O–H groups in total. The molecule has 0 aromatic carbocycles. The second-order valence-electron chi connectivity index (χ2n) is 6.34. The summed E-state index contributed by atoms with van der Waals surface area (Å²) in [5.41, 5.74) is -0.0133. The Morgan fingerprint density at radius 1 is 1.40 bits per heavy atom. The molecule has 1 aliphatic rings. The molecule has 15 heavy (non-hydrogen) atoms. The average molecular weight is 229 g/mol. The van der Waals surface area contributed by atoms with Gasteiger partial charge in [-0.15, -0.1) is 0 Å². The molecule has 0 aliphatic carbocycles. The summed E-state index contributed by atoms with van der Waals surface area (Å²) < 4.78 is 5.83. The Morgan fingerprint density at radius 2 is 2.00 bits per heavy atom. The van der Waals surface area contributed by atoms with Gasteiger partial charge in [-0.2, -0.15) is 0 Å². The first-order valence-electron chi connectivity index (χ1n) is 5.58. The van der Waals surface area contributed by atoms with Crippen molar-refractivity contribution in [1.29, 1.82) is 0 Å². The van der Waals surface area contributed by atoms with Gasteiger partial charge in [0, 0.05) is 18.6 Å². The van der Waals surface area contributed by atoms with Crippen molar-refractivity contribution in [2.24, 2.45) is 11.3 Å².